The van der Waals surface area contributed by atoms with Crippen LogP contribution in [0, 0.1) is 13.8 Å². The first-order valence-electron chi connectivity index (χ1n) is 10.2. The zero-order chi connectivity index (χ0) is 21.4. The van der Waals surface area contributed by atoms with Gasteiger partial charge in [0.25, 0.3) is 0 Å². The first-order chi connectivity index (χ1) is 14.3. The van der Waals surface area contributed by atoms with Gasteiger partial charge in [-0.15, -0.1) is 0 Å². The molecule has 4 rings (SSSR count). The van der Waals surface area contributed by atoms with Crippen molar-refractivity contribution >= 4 is 10.8 Å². The molecule has 2 aliphatic carbocycles. The molecule has 4 heteroatoms. The van der Waals surface area contributed by atoms with Crippen molar-refractivity contribution in [1.29, 1.82) is 0 Å². The van der Waals surface area contributed by atoms with E-state index in [0.717, 1.165) is 32.1 Å². The second kappa shape index (κ2) is 7.95. The first-order valence-corrected chi connectivity index (χ1v) is 11.4. The summed E-state index contributed by atoms with van der Waals surface area (Å²) >= 11 is 0. The highest BCUT2D eigenvalue weighted by Gasteiger charge is 2.30. The highest BCUT2D eigenvalue weighted by Crippen LogP contribution is 2.35. The van der Waals surface area contributed by atoms with Gasteiger partial charge in [0.2, 0.25) is 0 Å². The van der Waals surface area contributed by atoms with Crippen molar-refractivity contribution in [3.8, 4) is 0 Å². The summed E-state index contributed by atoms with van der Waals surface area (Å²) in [6.45, 7) is 4.14. The van der Waals surface area contributed by atoms with E-state index < -0.39 is 21.9 Å². The molecular formula is C26H28N2OS. The number of hydrogen-bond donors (Lipinski definition) is 2. The Morgan fingerprint density at radius 2 is 1.13 bits per heavy atom. The lowest BCUT2D eigenvalue weighted by atomic mass is 9.82. The van der Waals surface area contributed by atoms with E-state index >= 15 is 0 Å². The summed E-state index contributed by atoms with van der Waals surface area (Å²) in [6.07, 6.45) is 13.0. The van der Waals surface area contributed by atoms with Gasteiger partial charge in [-0.3, -0.25) is 0 Å². The van der Waals surface area contributed by atoms with Crippen molar-refractivity contribution in [2.24, 2.45) is 11.5 Å². The summed E-state index contributed by atoms with van der Waals surface area (Å²) in [5.41, 5.74) is 16.7. The van der Waals surface area contributed by atoms with Gasteiger partial charge in [-0.05, 0) is 61.1 Å². The molecule has 2 atom stereocenters. The maximum atomic E-state index is 13.2. The zero-order valence-electron chi connectivity index (χ0n) is 17.5. The largest absolute Gasteiger partial charge is 0.318 e. The highest BCUT2D eigenvalue weighted by molar-refractivity contribution is 7.93. The SMILES string of the molecule is Cc1ccccc1C1(N)C=CC(S(=O)C2=CCC(N)(c3ccccc3C)C=C2)=CC1. The number of aryl methyl sites for hydroxylation is 2. The van der Waals surface area contributed by atoms with Gasteiger partial charge in [0, 0.05) is 9.81 Å². The van der Waals surface area contributed by atoms with Crippen molar-refractivity contribution < 1.29 is 4.21 Å². The molecule has 4 N–H and O–H groups in total. The minimum Gasteiger partial charge on any atom is -0.318 e. The van der Waals surface area contributed by atoms with E-state index in [2.05, 4.69) is 38.1 Å². The van der Waals surface area contributed by atoms with Crippen molar-refractivity contribution in [2.75, 3.05) is 0 Å². The monoisotopic (exact) mass is 416 g/mol. The Bertz CT molecular complexity index is 1040. The van der Waals surface area contributed by atoms with Crippen molar-refractivity contribution in [3.05, 3.63) is 117 Å². The Morgan fingerprint density at radius 1 is 0.733 bits per heavy atom. The van der Waals surface area contributed by atoms with Crippen LogP contribution in [0.2, 0.25) is 0 Å². The molecule has 0 amide bonds. The summed E-state index contributed by atoms with van der Waals surface area (Å²) in [7, 11) is -1.25. The van der Waals surface area contributed by atoms with E-state index in [1.165, 1.54) is 0 Å². The molecule has 0 heterocycles. The normalized spacial score (nSPS) is 26.8. The third-order valence-electron chi connectivity index (χ3n) is 6.09. The predicted molar refractivity (Wildman–Crippen MR) is 126 cm³/mol. The lowest BCUT2D eigenvalue weighted by Gasteiger charge is -2.31. The summed E-state index contributed by atoms with van der Waals surface area (Å²) in [4.78, 5) is 1.59. The van der Waals surface area contributed by atoms with E-state index in [1.807, 2.05) is 60.7 Å². The molecule has 2 unspecified atom stereocenters. The van der Waals surface area contributed by atoms with Crippen LogP contribution >= 0.6 is 0 Å². The van der Waals surface area contributed by atoms with Gasteiger partial charge in [-0.25, -0.2) is 4.21 Å². The summed E-state index contributed by atoms with van der Waals surface area (Å²) in [5.74, 6) is 0. The third kappa shape index (κ3) is 3.79. The fraction of sp³-hybridized carbons (Fsp3) is 0.231. The van der Waals surface area contributed by atoms with Crippen LogP contribution in [0.1, 0.15) is 35.1 Å². The Morgan fingerprint density at radius 3 is 1.47 bits per heavy atom. The van der Waals surface area contributed by atoms with Gasteiger partial charge >= 0.3 is 0 Å². The number of hydrogen-bond acceptors (Lipinski definition) is 3. The first kappa shape index (κ1) is 20.7. The number of rotatable bonds is 4. The van der Waals surface area contributed by atoms with E-state index in [1.54, 1.807) is 0 Å². The molecule has 2 aromatic rings. The molecule has 2 aromatic carbocycles. The van der Waals surface area contributed by atoms with Crippen molar-refractivity contribution in [2.45, 2.75) is 37.8 Å². The highest BCUT2D eigenvalue weighted by atomic mass is 32.2. The molecule has 0 saturated carbocycles. The van der Waals surface area contributed by atoms with E-state index in [9.17, 15) is 4.21 Å². The van der Waals surface area contributed by atoms with Crippen LogP contribution in [-0.4, -0.2) is 4.21 Å². The van der Waals surface area contributed by atoms with E-state index in [4.69, 9.17) is 11.5 Å². The quantitative estimate of drug-likeness (QED) is 0.756. The average Bonchev–Trinajstić information content (AvgIpc) is 2.75. The lowest BCUT2D eigenvalue weighted by Crippen LogP contribution is -2.36. The Balaban J connectivity index is 1.51. The van der Waals surface area contributed by atoms with Crippen LogP contribution in [0.3, 0.4) is 0 Å². The number of benzene rings is 2. The third-order valence-corrected chi connectivity index (χ3v) is 7.56. The van der Waals surface area contributed by atoms with Gasteiger partial charge in [0.1, 0.15) is 0 Å². The fourth-order valence-electron chi connectivity index (χ4n) is 4.27. The molecule has 0 bridgehead atoms. The minimum absolute atomic E-state index is 0.562. The fourth-order valence-corrected chi connectivity index (χ4v) is 5.40. The van der Waals surface area contributed by atoms with Gasteiger partial charge in [0.05, 0.1) is 21.9 Å². The van der Waals surface area contributed by atoms with Crippen LogP contribution in [0.5, 0.6) is 0 Å². The number of nitrogens with two attached hydrogens (primary N) is 2. The molecule has 154 valence electrons. The smallest absolute Gasteiger partial charge is 0.0842 e. The molecule has 30 heavy (non-hydrogen) atoms. The zero-order valence-corrected chi connectivity index (χ0v) is 18.3. The minimum atomic E-state index is -1.25. The average molecular weight is 417 g/mol. The molecular weight excluding hydrogens is 388 g/mol. The van der Waals surface area contributed by atoms with Gasteiger partial charge in [0.15, 0.2) is 0 Å². The second-order valence-electron chi connectivity index (χ2n) is 8.27. The summed E-state index contributed by atoms with van der Waals surface area (Å²) in [5, 5.41) is 0. The van der Waals surface area contributed by atoms with Crippen LogP contribution in [0.25, 0.3) is 0 Å². The van der Waals surface area contributed by atoms with Crippen LogP contribution in [0.4, 0.5) is 0 Å². The molecule has 0 aromatic heterocycles. The van der Waals surface area contributed by atoms with Crippen LogP contribution in [0.15, 0.2) is 94.8 Å². The Labute approximate surface area is 181 Å². The van der Waals surface area contributed by atoms with Gasteiger partial charge < -0.3 is 11.5 Å². The topological polar surface area (TPSA) is 69.1 Å². The van der Waals surface area contributed by atoms with Gasteiger partial charge in [-0.1, -0.05) is 72.8 Å². The molecule has 3 nitrogen and oxygen atoms in total. The lowest BCUT2D eigenvalue weighted by molar-refractivity contribution is 0.560. The second-order valence-corrected chi connectivity index (χ2v) is 9.75. The van der Waals surface area contributed by atoms with Crippen LogP contribution < -0.4 is 11.5 Å². The number of allylic oxidation sites excluding steroid dienone is 2. The molecule has 2 aliphatic rings. The molecule has 0 fully saturated rings. The van der Waals surface area contributed by atoms with E-state index in [0.29, 0.717) is 12.8 Å². The maximum absolute atomic E-state index is 13.2. The van der Waals surface area contributed by atoms with Crippen molar-refractivity contribution in [3.63, 3.8) is 0 Å². The standard InChI is InChI=1S/C26H28N2OS/c1-19-7-3-5-9-23(19)25(27)15-11-21(12-16-25)30(29)22-13-17-26(28,18-14-22)24-10-6-4-8-20(24)2/h3-15,17H,16,18,27-28H2,1-2H3. The molecule has 0 saturated heterocycles. The van der Waals surface area contributed by atoms with Crippen LogP contribution in [-0.2, 0) is 21.9 Å². The van der Waals surface area contributed by atoms with Crippen molar-refractivity contribution in [1.82, 2.24) is 0 Å². The predicted octanol–water partition coefficient (Wildman–Crippen LogP) is 4.75. The maximum Gasteiger partial charge on any atom is 0.0842 e. The molecule has 0 radical (unpaired) electrons. The molecule has 0 aliphatic heterocycles. The Kier molecular flexibility index (Phi) is 5.49. The Hall–Kier alpha value is -2.53. The van der Waals surface area contributed by atoms with E-state index in [-0.39, 0.29) is 0 Å². The van der Waals surface area contributed by atoms with Gasteiger partial charge in [-0.2, -0.15) is 0 Å². The summed E-state index contributed by atoms with van der Waals surface area (Å²) < 4.78 is 13.2. The summed E-state index contributed by atoms with van der Waals surface area (Å²) in [6, 6.07) is 16.3. The molecule has 0 spiro atoms.